The highest BCUT2D eigenvalue weighted by Gasteiger charge is 2.18. The van der Waals surface area contributed by atoms with Crippen LogP contribution in [0.25, 0.3) is 0 Å². The van der Waals surface area contributed by atoms with Gasteiger partial charge in [-0.3, -0.25) is 9.59 Å². The molecule has 0 rings (SSSR count). The Labute approximate surface area is 399 Å². The molecule has 0 radical (unpaired) electrons. The number of allylic oxidation sites excluding steroid dienone is 1. The van der Waals surface area contributed by atoms with Crippen LogP contribution in [0.4, 0.5) is 0 Å². The normalized spacial score (nSPS) is 12.6. The maximum atomic E-state index is 12.4. The molecule has 2 unspecified atom stereocenters. The van der Waals surface area contributed by atoms with Crippen molar-refractivity contribution in [3.05, 3.63) is 12.2 Å². The molecule has 0 heterocycles. The second kappa shape index (κ2) is 54.2. The highest BCUT2D eigenvalue weighted by molar-refractivity contribution is 5.76. The Morgan fingerprint density at radius 3 is 1.06 bits per heavy atom. The summed E-state index contributed by atoms with van der Waals surface area (Å²) in [5, 5.41) is 23.0. The Balaban J connectivity index is 3.36. The molecule has 0 saturated heterocycles. The molecular formula is C58H113NO5. The molecule has 0 aromatic heterocycles. The molecule has 6 nitrogen and oxygen atoms in total. The first-order valence-electron chi connectivity index (χ1n) is 29.0. The number of nitrogens with one attached hydrogen (secondary N) is 1. The van der Waals surface area contributed by atoms with E-state index < -0.39 is 12.1 Å². The van der Waals surface area contributed by atoms with Crippen molar-refractivity contribution in [1.29, 1.82) is 0 Å². The van der Waals surface area contributed by atoms with Gasteiger partial charge in [0, 0.05) is 12.8 Å². The summed E-state index contributed by atoms with van der Waals surface area (Å²) in [4.78, 5) is 24.4. The Morgan fingerprint density at radius 1 is 0.422 bits per heavy atom. The van der Waals surface area contributed by atoms with Gasteiger partial charge in [0.15, 0.2) is 0 Å². The number of rotatable bonds is 54. The van der Waals surface area contributed by atoms with Crippen LogP contribution >= 0.6 is 0 Å². The van der Waals surface area contributed by atoms with E-state index >= 15 is 0 Å². The number of hydrogen-bond acceptors (Lipinski definition) is 5. The van der Waals surface area contributed by atoms with E-state index in [1.54, 1.807) is 6.08 Å². The average molecular weight is 905 g/mol. The van der Waals surface area contributed by atoms with Crippen molar-refractivity contribution in [2.75, 3.05) is 13.2 Å². The van der Waals surface area contributed by atoms with E-state index in [1.165, 1.54) is 257 Å². The number of carbonyl (C=O) groups is 2. The predicted molar refractivity (Wildman–Crippen MR) is 278 cm³/mol. The van der Waals surface area contributed by atoms with Crippen molar-refractivity contribution in [3.8, 4) is 0 Å². The topological polar surface area (TPSA) is 95.9 Å². The standard InChI is InChI=1S/C58H113NO5/c1-3-5-7-9-11-13-15-32-36-40-44-48-52-58(63)64-53-49-45-41-37-33-29-27-25-23-21-19-17-16-18-20-22-24-26-28-31-35-39-43-47-51-57(62)59-55(54-60)56(61)50-46-42-38-34-30-14-12-10-8-6-4-2/h46,50,55-56,60-61H,3-45,47-49,51-54H2,1-2H3,(H,59,62)/b50-46+. The second-order valence-corrected chi connectivity index (χ2v) is 20.0. The SMILES string of the molecule is CCCCCCCCCCC/C=C/C(O)C(CO)NC(=O)CCCCCCCCCCCCCCCCCCCCCCCCCCOC(=O)CCCCCCCCCCCCCC. The largest absolute Gasteiger partial charge is 0.466 e. The second-order valence-electron chi connectivity index (χ2n) is 20.0. The third kappa shape index (κ3) is 50.0. The first kappa shape index (κ1) is 62.6. The fourth-order valence-corrected chi connectivity index (χ4v) is 9.11. The summed E-state index contributed by atoms with van der Waals surface area (Å²) < 4.78 is 5.47. The van der Waals surface area contributed by atoms with Crippen molar-refractivity contribution in [2.45, 2.75) is 334 Å². The Hall–Kier alpha value is -1.40. The summed E-state index contributed by atoms with van der Waals surface area (Å²) >= 11 is 0. The van der Waals surface area contributed by atoms with Gasteiger partial charge in [0.25, 0.3) is 0 Å². The first-order valence-corrected chi connectivity index (χ1v) is 29.0. The van der Waals surface area contributed by atoms with Crippen LogP contribution in [0.3, 0.4) is 0 Å². The van der Waals surface area contributed by atoms with Crippen molar-refractivity contribution in [1.82, 2.24) is 5.32 Å². The molecule has 64 heavy (non-hydrogen) atoms. The van der Waals surface area contributed by atoms with Crippen LogP contribution in [0.5, 0.6) is 0 Å². The molecule has 6 heteroatoms. The van der Waals surface area contributed by atoms with E-state index in [0.29, 0.717) is 19.4 Å². The quantitative estimate of drug-likeness (QED) is 0.0321. The monoisotopic (exact) mass is 904 g/mol. The summed E-state index contributed by atoms with van der Waals surface area (Å²) in [5.41, 5.74) is 0. The summed E-state index contributed by atoms with van der Waals surface area (Å²) in [7, 11) is 0. The first-order chi connectivity index (χ1) is 31.5. The molecule has 0 aromatic rings. The molecule has 0 aliphatic carbocycles. The third-order valence-corrected chi connectivity index (χ3v) is 13.6. The minimum atomic E-state index is -0.841. The number of aliphatic hydroxyl groups is 2. The van der Waals surface area contributed by atoms with Gasteiger partial charge in [-0.15, -0.1) is 0 Å². The van der Waals surface area contributed by atoms with Crippen LogP contribution in [0.2, 0.25) is 0 Å². The van der Waals surface area contributed by atoms with Gasteiger partial charge in [0.2, 0.25) is 5.91 Å². The van der Waals surface area contributed by atoms with Gasteiger partial charge >= 0.3 is 5.97 Å². The number of esters is 1. The highest BCUT2D eigenvalue weighted by atomic mass is 16.5. The van der Waals surface area contributed by atoms with E-state index in [0.717, 1.165) is 38.5 Å². The van der Waals surface area contributed by atoms with E-state index in [4.69, 9.17) is 4.74 Å². The molecule has 3 N–H and O–H groups in total. The molecule has 0 fully saturated rings. The van der Waals surface area contributed by atoms with Crippen molar-refractivity contribution in [3.63, 3.8) is 0 Å². The van der Waals surface area contributed by atoms with Gasteiger partial charge in [-0.05, 0) is 32.1 Å². The van der Waals surface area contributed by atoms with E-state index in [2.05, 4.69) is 19.2 Å². The minimum absolute atomic E-state index is 0.0158. The van der Waals surface area contributed by atoms with Crippen LogP contribution < -0.4 is 5.32 Å². The zero-order chi connectivity index (χ0) is 46.5. The molecule has 1 amide bonds. The Bertz CT molecular complexity index is 955. The Kier molecular flexibility index (Phi) is 53.0. The van der Waals surface area contributed by atoms with E-state index in [9.17, 15) is 19.8 Å². The number of aliphatic hydroxyl groups excluding tert-OH is 2. The van der Waals surface area contributed by atoms with Crippen LogP contribution in [0, 0.1) is 0 Å². The molecule has 0 saturated carbocycles. The number of ether oxygens (including phenoxy) is 1. The lowest BCUT2D eigenvalue weighted by molar-refractivity contribution is -0.143. The molecule has 0 aliphatic heterocycles. The zero-order valence-electron chi connectivity index (χ0n) is 43.3. The lowest BCUT2D eigenvalue weighted by atomic mass is 10.0. The zero-order valence-corrected chi connectivity index (χ0v) is 43.3. The van der Waals surface area contributed by atoms with Gasteiger partial charge in [0.1, 0.15) is 0 Å². The maximum Gasteiger partial charge on any atom is 0.305 e. The molecule has 0 aliphatic rings. The summed E-state index contributed by atoms with van der Waals surface area (Å²) in [6, 6.07) is -0.624. The van der Waals surface area contributed by atoms with Gasteiger partial charge < -0.3 is 20.3 Å². The predicted octanol–water partition coefficient (Wildman–Crippen LogP) is 17.7. The maximum absolute atomic E-state index is 12.4. The van der Waals surface area contributed by atoms with E-state index in [1.807, 2.05) is 6.08 Å². The molecule has 380 valence electrons. The van der Waals surface area contributed by atoms with Gasteiger partial charge in [-0.25, -0.2) is 0 Å². The Morgan fingerprint density at radius 2 is 0.719 bits per heavy atom. The van der Waals surface area contributed by atoms with Crippen LogP contribution in [-0.2, 0) is 14.3 Å². The highest BCUT2D eigenvalue weighted by Crippen LogP contribution is 2.17. The molecular weight excluding hydrogens is 791 g/mol. The van der Waals surface area contributed by atoms with Crippen LogP contribution in [0.15, 0.2) is 12.2 Å². The van der Waals surface area contributed by atoms with Crippen LogP contribution in [0.1, 0.15) is 322 Å². The van der Waals surface area contributed by atoms with Gasteiger partial charge in [-0.1, -0.05) is 289 Å². The number of hydrogen-bond donors (Lipinski definition) is 3. The van der Waals surface area contributed by atoms with Gasteiger partial charge in [0.05, 0.1) is 25.4 Å². The fourth-order valence-electron chi connectivity index (χ4n) is 9.11. The molecule has 2 atom stereocenters. The molecule has 0 aromatic carbocycles. The number of unbranched alkanes of at least 4 members (excludes halogenated alkanes) is 43. The van der Waals surface area contributed by atoms with Crippen molar-refractivity contribution in [2.24, 2.45) is 0 Å². The van der Waals surface area contributed by atoms with Crippen molar-refractivity contribution >= 4 is 11.9 Å². The van der Waals surface area contributed by atoms with Gasteiger partial charge in [-0.2, -0.15) is 0 Å². The third-order valence-electron chi connectivity index (χ3n) is 13.6. The number of carbonyl (C=O) groups excluding carboxylic acids is 2. The average Bonchev–Trinajstić information content (AvgIpc) is 3.29. The minimum Gasteiger partial charge on any atom is -0.466 e. The molecule has 0 bridgehead atoms. The molecule has 0 spiro atoms. The lowest BCUT2D eigenvalue weighted by Crippen LogP contribution is -2.45. The number of amides is 1. The fraction of sp³-hybridized carbons (Fsp3) is 0.931. The van der Waals surface area contributed by atoms with Crippen LogP contribution in [-0.4, -0.2) is 47.4 Å². The summed E-state index contributed by atoms with van der Waals surface area (Å²) in [6.07, 6.45) is 63.9. The lowest BCUT2D eigenvalue weighted by Gasteiger charge is -2.20. The summed E-state index contributed by atoms with van der Waals surface area (Å²) in [6.45, 7) is 4.90. The smallest absolute Gasteiger partial charge is 0.305 e. The van der Waals surface area contributed by atoms with E-state index in [-0.39, 0.29) is 18.5 Å². The summed E-state index contributed by atoms with van der Waals surface area (Å²) in [5.74, 6) is -0.0511. The van der Waals surface area contributed by atoms with Crippen molar-refractivity contribution < 1.29 is 24.5 Å².